The normalized spacial score (nSPS) is 28.7. The predicted octanol–water partition coefficient (Wildman–Crippen LogP) is 0.693. The summed E-state index contributed by atoms with van der Waals surface area (Å²) in [4.78, 5) is 11.2. The first-order valence-electron chi connectivity index (χ1n) is 4.84. The van der Waals surface area contributed by atoms with Gasteiger partial charge in [0, 0.05) is 0 Å². The molecule has 0 aromatic heterocycles. The number of phenolic OH excluding ortho intramolecular Hbond substituents is 1. The molecule has 0 saturated heterocycles. The van der Waals surface area contributed by atoms with E-state index >= 15 is 0 Å². The molecule has 0 spiro atoms. The van der Waals surface area contributed by atoms with Gasteiger partial charge in [0.1, 0.15) is 5.75 Å². The SMILES string of the molecule is NCC1CC1(C(=O)O)c1ccc(O)cc1. The van der Waals surface area contributed by atoms with Crippen molar-refractivity contribution in [2.24, 2.45) is 11.7 Å². The molecule has 2 unspecified atom stereocenters. The lowest BCUT2D eigenvalue weighted by atomic mass is 9.93. The maximum atomic E-state index is 11.2. The molecule has 80 valence electrons. The number of hydrogen-bond donors (Lipinski definition) is 3. The molecule has 2 rings (SSSR count). The predicted molar refractivity (Wildman–Crippen MR) is 54.6 cm³/mol. The summed E-state index contributed by atoms with van der Waals surface area (Å²) in [6.45, 7) is 0.382. The Morgan fingerprint density at radius 3 is 2.47 bits per heavy atom. The molecule has 1 aromatic carbocycles. The highest BCUT2D eigenvalue weighted by Crippen LogP contribution is 2.54. The fourth-order valence-corrected chi connectivity index (χ4v) is 2.11. The van der Waals surface area contributed by atoms with Crippen LogP contribution in [0, 0.1) is 5.92 Å². The Hall–Kier alpha value is -1.55. The van der Waals surface area contributed by atoms with E-state index in [9.17, 15) is 9.90 Å². The van der Waals surface area contributed by atoms with Gasteiger partial charge in [-0.3, -0.25) is 4.79 Å². The fraction of sp³-hybridized carbons (Fsp3) is 0.364. The molecular weight excluding hydrogens is 194 g/mol. The smallest absolute Gasteiger partial charge is 0.314 e. The topological polar surface area (TPSA) is 83.6 Å². The van der Waals surface area contributed by atoms with Crippen LogP contribution in [0.4, 0.5) is 0 Å². The molecule has 1 saturated carbocycles. The third-order valence-electron chi connectivity index (χ3n) is 3.15. The maximum absolute atomic E-state index is 11.2. The van der Waals surface area contributed by atoms with Crippen LogP contribution in [0.5, 0.6) is 5.75 Å². The van der Waals surface area contributed by atoms with Crippen molar-refractivity contribution in [3.8, 4) is 5.75 Å². The number of hydrogen-bond acceptors (Lipinski definition) is 3. The van der Waals surface area contributed by atoms with E-state index in [0.29, 0.717) is 13.0 Å². The lowest BCUT2D eigenvalue weighted by Gasteiger charge is -2.12. The highest BCUT2D eigenvalue weighted by molar-refractivity contribution is 5.86. The largest absolute Gasteiger partial charge is 0.508 e. The van der Waals surface area contributed by atoms with Crippen molar-refractivity contribution < 1.29 is 15.0 Å². The second-order valence-corrected chi connectivity index (χ2v) is 3.96. The standard InChI is InChI=1S/C11H13NO3/c12-6-8-5-11(8,10(14)15)7-1-3-9(13)4-2-7/h1-4,8,13H,5-6,12H2,(H,14,15). The number of aliphatic carboxylic acids is 1. The number of carboxylic acids is 1. The first-order chi connectivity index (χ1) is 7.11. The van der Waals surface area contributed by atoms with E-state index < -0.39 is 11.4 Å². The van der Waals surface area contributed by atoms with Crippen LogP contribution in [0.3, 0.4) is 0 Å². The Bertz CT molecular complexity index is 387. The van der Waals surface area contributed by atoms with Gasteiger partial charge in [-0.15, -0.1) is 0 Å². The molecule has 0 heterocycles. The van der Waals surface area contributed by atoms with Crippen molar-refractivity contribution in [1.82, 2.24) is 0 Å². The van der Waals surface area contributed by atoms with Gasteiger partial charge >= 0.3 is 5.97 Å². The summed E-state index contributed by atoms with van der Waals surface area (Å²) in [5.74, 6) is -0.674. The van der Waals surface area contributed by atoms with Crippen LogP contribution < -0.4 is 5.73 Å². The minimum atomic E-state index is -0.830. The van der Waals surface area contributed by atoms with E-state index in [0.717, 1.165) is 5.56 Å². The summed E-state index contributed by atoms with van der Waals surface area (Å²) < 4.78 is 0. The number of nitrogens with two attached hydrogens (primary N) is 1. The van der Waals surface area contributed by atoms with Crippen LogP contribution in [0.2, 0.25) is 0 Å². The molecule has 4 nitrogen and oxygen atoms in total. The minimum absolute atomic E-state index is 0.0135. The molecule has 4 N–H and O–H groups in total. The minimum Gasteiger partial charge on any atom is -0.508 e. The summed E-state index contributed by atoms with van der Waals surface area (Å²) in [6, 6.07) is 6.32. The lowest BCUT2D eigenvalue weighted by Crippen LogP contribution is -2.25. The van der Waals surface area contributed by atoms with Gasteiger partial charge in [-0.05, 0) is 36.6 Å². The first-order valence-corrected chi connectivity index (χ1v) is 4.84. The molecule has 1 fully saturated rings. The van der Waals surface area contributed by atoms with Gasteiger partial charge in [-0.2, -0.15) is 0 Å². The molecule has 0 aliphatic heterocycles. The van der Waals surface area contributed by atoms with Crippen molar-refractivity contribution in [2.75, 3.05) is 6.54 Å². The molecule has 1 aliphatic carbocycles. The summed E-state index contributed by atoms with van der Waals surface area (Å²) in [7, 11) is 0. The van der Waals surface area contributed by atoms with Crippen molar-refractivity contribution in [3.63, 3.8) is 0 Å². The summed E-state index contributed by atoms with van der Waals surface area (Å²) in [6.07, 6.45) is 0.587. The second kappa shape index (κ2) is 3.24. The van der Waals surface area contributed by atoms with E-state index in [-0.39, 0.29) is 11.7 Å². The van der Waals surface area contributed by atoms with Crippen LogP contribution in [0.25, 0.3) is 0 Å². The average molecular weight is 207 g/mol. The molecule has 0 bridgehead atoms. The molecule has 15 heavy (non-hydrogen) atoms. The Balaban J connectivity index is 2.36. The second-order valence-electron chi connectivity index (χ2n) is 3.96. The fourth-order valence-electron chi connectivity index (χ4n) is 2.11. The zero-order valence-corrected chi connectivity index (χ0v) is 8.18. The van der Waals surface area contributed by atoms with Gasteiger partial charge in [-0.25, -0.2) is 0 Å². The van der Waals surface area contributed by atoms with Gasteiger partial charge in [0.05, 0.1) is 5.41 Å². The third kappa shape index (κ3) is 1.37. The Morgan fingerprint density at radius 1 is 1.47 bits per heavy atom. The van der Waals surface area contributed by atoms with Crippen LogP contribution in [0.1, 0.15) is 12.0 Å². The number of aromatic hydroxyl groups is 1. The zero-order valence-electron chi connectivity index (χ0n) is 8.18. The molecule has 2 atom stereocenters. The van der Waals surface area contributed by atoms with Gasteiger partial charge in [0.2, 0.25) is 0 Å². The van der Waals surface area contributed by atoms with Crippen LogP contribution >= 0.6 is 0 Å². The maximum Gasteiger partial charge on any atom is 0.314 e. The van der Waals surface area contributed by atoms with Crippen LogP contribution in [-0.2, 0) is 10.2 Å². The van der Waals surface area contributed by atoms with Gasteiger partial charge in [0.15, 0.2) is 0 Å². The highest BCUT2D eigenvalue weighted by Gasteiger charge is 2.60. The van der Waals surface area contributed by atoms with Gasteiger partial charge in [-0.1, -0.05) is 12.1 Å². The zero-order chi connectivity index (χ0) is 11.1. The third-order valence-corrected chi connectivity index (χ3v) is 3.15. The molecule has 4 heteroatoms. The molecule has 0 amide bonds. The first kappa shape index (κ1) is 9.98. The van der Waals surface area contributed by atoms with E-state index in [1.165, 1.54) is 12.1 Å². The molecular formula is C11H13NO3. The van der Waals surface area contributed by atoms with Crippen molar-refractivity contribution in [3.05, 3.63) is 29.8 Å². The Labute approximate surface area is 87.3 Å². The Kier molecular flexibility index (Phi) is 2.16. The van der Waals surface area contributed by atoms with Crippen LogP contribution in [0.15, 0.2) is 24.3 Å². The molecule has 0 radical (unpaired) electrons. The lowest BCUT2D eigenvalue weighted by molar-refractivity contribution is -0.140. The van der Waals surface area contributed by atoms with Crippen molar-refractivity contribution in [2.45, 2.75) is 11.8 Å². The summed E-state index contributed by atoms with van der Waals surface area (Å²) in [5, 5.41) is 18.3. The van der Waals surface area contributed by atoms with Gasteiger partial charge in [0.25, 0.3) is 0 Å². The molecule has 1 aliphatic rings. The average Bonchev–Trinajstić information content (AvgIpc) is 2.94. The van der Waals surface area contributed by atoms with E-state index in [1.54, 1.807) is 12.1 Å². The number of benzene rings is 1. The highest BCUT2D eigenvalue weighted by atomic mass is 16.4. The summed E-state index contributed by atoms with van der Waals surface area (Å²) in [5.41, 5.74) is 5.41. The summed E-state index contributed by atoms with van der Waals surface area (Å²) >= 11 is 0. The number of carboxylic acid groups (broad SMARTS) is 1. The van der Waals surface area contributed by atoms with E-state index in [2.05, 4.69) is 0 Å². The Morgan fingerprint density at radius 2 is 2.07 bits per heavy atom. The van der Waals surface area contributed by atoms with E-state index in [4.69, 9.17) is 10.8 Å². The number of rotatable bonds is 3. The van der Waals surface area contributed by atoms with Crippen molar-refractivity contribution in [1.29, 1.82) is 0 Å². The van der Waals surface area contributed by atoms with Gasteiger partial charge < -0.3 is 15.9 Å². The molecule has 1 aromatic rings. The monoisotopic (exact) mass is 207 g/mol. The number of phenols is 1. The van der Waals surface area contributed by atoms with Crippen molar-refractivity contribution >= 4 is 5.97 Å². The quantitative estimate of drug-likeness (QED) is 0.681. The number of carbonyl (C=O) groups is 1. The van der Waals surface area contributed by atoms with E-state index in [1.807, 2.05) is 0 Å². The van der Waals surface area contributed by atoms with Crippen LogP contribution in [-0.4, -0.2) is 22.7 Å².